The van der Waals surface area contributed by atoms with Crippen LogP contribution in [-0.4, -0.2) is 28.8 Å². The summed E-state index contributed by atoms with van der Waals surface area (Å²) in [7, 11) is 0. The van der Waals surface area contributed by atoms with Crippen molar-refractivity contribution in [2.24, 2.45) is 0 Å². The van der Waals surface area contributed by atoms with E-state index in [0.717, 1.165) is 11.1 Å². The Balaban J connectivity index is 3.03. The number of hydrogen-bond acceptors (Lipinski definition) is 2. The summed E-state index contributed by atoms with van der Waals surface area (Å²) in [6.07, 6.45) is 1.01. The first kappa shape index (κ1) is 18.2. The molecule has 0 aromatic heterocycles. The predicted molar refractivity (Wildman–Crippen MR) is 89.4 cm³/mol. The van der Waals surface area contributed by atoms with Crippen LogP contribution in [0.1, 0.15) is 51.7 Å². The van der Waals surface area contributed by atoms with E-state index in [1.165, 1.54) is 0 Å². The molecule has 4 nitrogen and oxygen atoms in total. The van der Waals surface area contributed by atoms with Crippen molar-refractivity contribution >= 4 is 11.8 Å². The lowest BCUT2D eigenvalue weighted by molar-refractivity contribution is -0.141. The van der Waals surface area contributed by atoms with Crippen molar-refractivity contribution in [1.82, 2.24) is 10.2 Å². The van der Waals surface area contributed by atoms with Crippen LogP contribution in [-0.2, 0) is 16.1 Å². The Morgan fingerprint density at radius 1 is 1.18 bits per heavy atom. The third kappa shape index (κ3) is 4.86. The Morgan fingerprint density at radius 2 is 1.82 bits per heavy atom. The van der Waals surface area contributed by atoms with Crippen LogP contribution in [0.25, 0.3) is 0 Å². The molecular weight excluding hydrogens is 276 g/mol. The molecular formula is C18H28N2O2. The number of benzene rings is 1. The van der Waals surface area contributed by atoms with Crippen molar-refractivity contribution in [3.05, 3.63) is 35.4 Å². The van der Waals surface area contributed by atoms with Gasteiger partial charge < -0.3 is 10.2 Å². The Morgan fingerprint density at radius 3 is 2.32 bits per heavy atom. The second-order valence-corrected chi connectivity index (χ2v) is 5.89. The number of amides is 2. The highest BCUT2D eigenvalue weighted by Crippen LogP contribution is 2.16. The molecule has 0 saturated carbocycles. The minimum atomic E-state index is -0.422. The van der Waals surface area contributed by atoms with Gasteiger partial charge in [0.15, 0.2) is 0 Å². The summed E-state index contributed by atoms with van der Waals surface area (Å²) in [5.41, 5.74) is 2.22. The van der Waals surface area contributed by atoms with Gasteiger partial charge in [0.25, 0.3) is 0 Å². The summed E-state index contributed by atoms with van der Waals surface area (Å²) in [4.78, 5) is 26.5. The monoisotopic (exact) mass is 304 g/mol. The SMILES string of the molecule is CCC(=O)N(Cc1ccccc1C)C(CC)C(=O)NC(C)C. The molecule has 1 unspecified atom stereocenters. The second kappa shape index (κ2) is 8.57. The molecule has 1 N–H and O–H groups in total. The maximum atomic E-state index is 12.4. The van der Waals surface area contributed by atoms with Gasteiger partial charge in [-0.15, -0.1) is 0 Å². The summed E-state index contributed by atoms with van der Waals surface area (Å²) in [5.74, 6) is -0.0677. The van der Waals surface area contributed by atoms with Gasteiger partial charge in [0, 0.05) is 19.0 Å². The van der Waals surface area contributed by atoms with Gasteiger partial charge in [-0.3, -0.25) is 9.59 Å². The molecule has 1 aromatic rings. The van der Waals surface area contributed by atoms with Crippen LogP contribution >= 0.6 is 0 Å². The third-order valence-electron chi connectivity index (χ3n) is 3.72. The first-order chi connectivity index (χ1) is 10.4. The van der Waals surface area contributed by atoms with Gasteiger partial charge in [0.2, 0.25) is 11.8 Å². The van der Waals surface area contributed by atoms with Gasteiger partial charge in [0.05, 0.1) is 0 Å². The van der Waals surface area contributed by atoms with Crippen LogP contribution in [0.5, 0.6) is 0 Å². The van der Waals surface area contributed by atoms with Crippen LogP contribution in [0.15, 0.2) is 24.3 Å². The van der Waals surface area contributed by atoms with Crippen LogP contribution in [0.3, 0.4) is 0 Å². The smallest absolute Gasteiger partial charge is 0.243 e. The summed E-state index contributed by atoms with van der Waals surface area (Å²) in [6.45, 7) is 10.1. The van der Waals surface area contributed by atoms with E-state index in [-0.39, 0.29) is 17.9 Å². The van der Waals surface area contributed by atoms with Gasteiger partial charge in [-0.2, -0.15) is 0 Å². The lowest BCUT2D eigenvalue weighted by Crippen LogP contribution is -2.50. The Hall–Kier alpha value is -1.84. The normalized spacial score (nSPS) is 12.1. The van der Waals surface area contributed by atoms with E-state index < -0.39 is 6.04 Å². The molecule has 0 bridgehead atoms. The number of rotatable bonds is 7. The minimum absolute atomic E-state index is 0.00834. The zero-order valence-electron chi connectivity index (χ0n) is 14.3. The number of carbonyl (C=O) groups is 2. The van der Waals surface area contributed by atoms with Crippen molar-refractivity contribution in [3.63, 3.8) is 0 Å². The average Bonchev–Trinajstić information content (AvgIpc) is 2.47. The van der Waals surface area contributed by atoms with E-state index in [2.05, 4.69) is 5.32 Å². The van der Waals surface area contributed by atoms with Crippen molar-refractivity contribution in [1.29, 1.82) is 0 Å². The fourth-order valence-electron chi connectivity index (χ4n) is 2.47. The lowest BCUT2D eigenvalue weighted by Gasteiger charge is -2.31. The molecule has 2 amide bonds. The molecule has 0 saturated heterocycles. The molecule has 0 fully saturated rings. The molecule has 4 heteroatoms. The van der Waals surface area contributed by atoms with Crippen molar-refractivity contribution in [2.75, 3.05) is 0 Å². The summed E-state index contributed by atoms with van der Waals surface area (Å²) in [6, 6.07) is 7.63. The number of hydrogen-bond donors (Lipinski definition) is 1. The first-order valence-electron chi connectivity index (χ1n) is 8.05. The number of aryl methyl sites for hydroxylation is 1. The molecule has 0 aliphatic heterocycles. The molecule has 122 valence electrons. The minimum Gasteiger partial charge on any atom is -0.352 e. The van der Waals surface area contributed by atoms with E-state index in [4.69, 9.17) is 0 Å². The average molecular weight is 304 g/mol. The Labute approximate surface area is 133 Å². The highest BCUT2D eigenvalue weighted by Gasteiger charge is 2.28. The maximum absolute atomic E-state index is 12.4. The standard InChI is InChI=1S/C18H28N2O2/c1-6-16(18(22)19-13(3)4)20(17(21)7-2)12-15-11-9-8-10-14(15)5/h8-11,13,16H,6-7,12H2,1-5H3,(H,19,22). The molecule has 1 aromatic carbocycles. The summed E-state index contributed by atoms with van der Waals surface area (Å²) >= 11 is 0. The van der Waals surface area contributed by atoms with E-state index >= 15 is 0 Å². The lowest BCUT2D eigenvalue weighted by atomic mass is 10.1. The molecule has 0 heterocycles. The molecule has 1 rings (SSSR count). The molecule has 1 atom stereocenters. The van der Waals surface area contributed by atoms with Gasteiger partial charge in [-0.1, -0.05) is 38.1 Å². The van der Waals surface area contributed by atoms with E-state index in [1.54, 1.807) is 4.90 Å². The summed E-state index contributed by atoms with van der Waals surface area (Å²) in [5, 5.41) is 2.92. The zero-order chi connectivity index (χ0) is 16.7. The zero-order valence-corrected chi connectivity index (χ0v) is 14.3. The highest BCUT2D eigenvalue weighted by atomic mass is 16.2. The van der Waals surface area contributed by atoms with Gasteiger partial charge >= 0.3 is 0 Å². The second-order valence-electron chi connectivity index (χ2n) is 5.89. The molecule has 0 aliphatic rings. The molecule has 0 radical (unpaired) electrons. The molecule has 22 heavy (non-hydrogen) atoms. The predicted octanol–water partition coefficient (Wildman–Crippen LogP) is 3.04. The Bertz CT molecular complexity index is 512. The van der Waals surface area contributed by atoms with Gasteiger partial charge in [-0.05, 0) is 38.3 Å². The van der Waals surface area contributed by atoms with Crippen molar-refractivity contribution in [3.8, 4) is 0 Å². The van der Waals surface area contributed by atoms with E-state index in [0.29, 0.717) is 19.4 Å². The van der Waals surface area contributed by atoms with Crippen LogP contribution in [0, 0.1) is 6.92 Å². The summed E-state index contributed by atoms with van der Waals surface area (Å²) < 4.78 is 0. The first-order valence-corrected chi connectivity index (χ1v) is 8.05. The van der Waals surface area contributed by atoms with Crippen LogP contribution < -0.4 is 5.32 Å². The maximum Gasteiger partial charge on any atom is 0.243 e. The highest BCUT2D eigenvalue weighted by molar-refractivity contribution is 5.87. The number of nitrogens with one attached hydrogen (secondary N) is 1. The van der Waals surface area contributed by atoms with Crippen molar-refractivity contribution in [2.45, 2.75) is 66.1 Å². The fraction of sp³-hybridized carbons (Fsp3) is 0.556. The molecule has 0 spiro atoms. The van der Waals surface area contributed by atoms with Crippen LogP contribution in [0.4, 0.5) is 0 Å². The van der Waals surface area contributed by atoms with Gasteiger partial charge in [0.1, 0.15) is 6.04 Å². The number of nitrogens with zero attached hydrogens (tertiary/aromatic N) is 1. The van der Waals surface area contributed by atoms with Crippen LogP contribution in [0.2, 0.25) is 0 Å². The van der Waals surface area contributed by atoms with Crippen molar-refractivity contribution < 1.29 is 9.59 Å². The van der Waals surface area contributed by atoms with E-state index in [1.807, 2.05) is 58.9 Å². The fourth-order valence-corrected chi connectivity index (χ4v) is 2.47. The third-order valence-corrected chi connectivity index (χ3v) is 3.72. The largest absolute Gasteiger partial charge is 0.352 e. The molecule has 0 aliphatic carbocycles. The Kier molecular flexibility index (Phi) is 7.09. The number of carbonyl (C=O) groups excluding carboxylic acids is 2. The van der Waals surface area contributed by atoms with E-state index in [9.17, 15) is 9.59 Å². The topological polar surface area (TPSA) is 49.4 Å². The quantitative estimate of drug-likeness (QED) is 0.841. The van der Waals surface area contributed by atoms with Gasteiger partial charge in [-0.25, -0.2) is 0 Å².